The zero-order valence-corrected chi connectivity index (χ0v) is 10.1. The fourth-order valence-corrected chi connectivity index (χ4v) is 1.63. The van der Waals surface area contributed by atoms with Crippen molar-refractivity contribution in [1.29, 1.82) is 0 Å². The number of hydrogen-bond donors (Lipinski definition) is 3. The molecule has 1 saturated carbocycles. The second-order valence-electron chi connectivity index (χ2n) is 4.46. The zero-order chi connectivity index (χ0) is 13.0. The molecule has 0 saturated heterocycles. The first kappa shape index (κ1) is 12.4. The second kappa shape index (κ2) is 5.53. The maximum atomic E-state index is 11.4. The largest absolute Gasteiger partial charge is 0.385 e. The van der Waals surface area contributed by atoms with Crippen LogP contribution in [0.5, 0.6) is 0 Å². The molecule has 1 aliphatic carbocycles. The van der Waals surface area contributed by atoms with Crippen LogP contribution >= 0.6 is 0 Å². The lowest BCUT2D eigenvalue weighted by Crippen LogP contribution is -2.27. The van der Waals surface area contributed by atoms with E-state index in [-0.39, 0.29) is 5.91 Å². The molecule has 1 aromatic rings. The lowest BCUT2D eigenvalue weighted by atomic mass is 10.2. The summed E-state index contributed by atoms with van der Waals surface area (Å²) in [7, 11) is 0. The van der Waals surface area contributed by atoms with Crippen molar-refractivity contribution >= 4 is 17.5 Å². The van der Waals surface area contributed by atoms with Crippen molar-refractivity contribution in [1.82, 2.24) is 5.32 Å². The lowest BCUT2D eigenvalue weighted by molar-refractivity contribution is -0.120. The molecule has 2 amide bonds. The van der Waals surface area contributed by atoms with E-state index >= 15 is 0 Å². The minimum absolute atomic E-state index is 0.0658. The number of rotatable bonds is 6. The Morgan fingerprint density at radius 1 is 1.33 bits per heavy atom. The molecule has 0 heterocycles. The molecule has 1 aliphatic rings. The minimum Gasteiger partial charge on any atom is -0.385 e. The van der Waals surface area contributed by atoms with Crippen LogP contribution in [0.3, 0.4) is 0 Å². The minimum atomic E-state index is -0.454. The Balaban J connectivity index is 1.76. The smallest absolute Gasteiger partial charge is 0.248 e. The van der Waals surface area contributed by atoms with E-state index in [1.165, 1.54) is 0 Å². The van der Waals surface area contributed by atoms with Gasteiger partial charge in [0.2, 0.25) is 11.8 Å². The monoisotopic (exact) mass is 247 g/mol. The number of primary amides is 1. The van der Waals surface area contributed by atoms with Gasteiger partial charge in [0.25, 0.3) is 0 Å². The number of carbonyl (C=O) groups is 2. The molecule has 5 nitrogen and oxygen atoms in total. The molecule has 5 heteroatoms. The molecule has 0 unspecified atom stereocenters. The third-order valence-corrected chi connectivity index (χ3v) is 2.77. The van der Waals surface area contributed by atoms with Gasteiger partial charge in [0.05, 0.1) is 0 Å². The average Bonchev–Trinajstić information content (AvgIpc) is 3.13. The molecule has 0 aliphatic heterocycles. The summed E-state index contributed by atoms with van der Waals surface area (Å²) in [5.74, 6) is -0.388. The van der Waals surface area contributed by atoms with Crippen LogP contribution in [-0.4, -0.2) is 24.4 Å². The quantitative estimate of drug-likeness (QED) is 0.697. The highest BCUT2D eigenvalue weighted by atomic mass is 16.2. The lowest BCUT2D eigenvalue weighted by Gasteiger charge is -2.07. The fraction of sp³-hybridized carbons (Fsp3) is 0.385. The summed E-state index contributed by atoms with van der Waals surface area (Å²) in [5, 5.41) is 6.01. The Labute approximate surface area is 106 Å². The van der Waals surface area contributed by atoms with Gasteiger partial charge >= 0.3 is 0 Å². The molecule has 0 radical (unpaired) electrons. The summed E-state index contributed by atoms with van der Waals surface area (Å²) >= 11 is 0. The predicted molar refractivity (Wildman–Crippen MR) is 69.2 cm³/mol. The first-order valence-electron chi connectivity index (χ1n) is 6.08. The number of nitrogens with one attached hydrogen (secondary N) is 2. The molecule has 1 aromatic carbocycles. The van der Waals surface area contributed by atoms with Crippen molar-refractivity contribution in [3.05, 3.63) is 29.8 Å². The van der Waals surface area contributed by atoms with E-state index in [9.17, 15) is 9.59 Å². The Morgan fingerprint density at radius 3 is 2.78 bits per heavy atom. The molecule has 0 bridgehead atoms. The Hall–Kier alpha value is -2.04. The van der Waals surface area contributed by atoms with Crippen molar-refractivity contribution in [2.24, 2.45) is 5.73 Å². The highest BCUT2D eigenvalue weighted by Crippen LogP contribution is 2.18. The van der Waals surface area contributed by atoms with Crippen molar-refractivity contribution in [3.8, 4) is 0 Å². The molecule has 0 atom stereocenters. The molecule has 1 fully saturated rings. The summed E-state index contributed by atoms with van der Waals surface area (Å²) in [4.78, 5) is 22.4. The van der Waals surface area contributed by atoms with E-state index in [2.05, 4.69) is 10.6 Å². The molecule has 2 rings (SSSR count). The van der Waals surface area contributed by atoms with Crippen LogP contribution in [0, 0.1) is 0 Å². The molecular formula is C13H17N3O2. The summed E-state index contributed by atoms with van der Waals surface area (Å²) in [6.07, 6.45) is 2.62. The number of nitrogens with two attached hydrogens (primary N) is 1. The fourth-order valence-electron chi connectivity index (χ4n) is 1.63. The highest BCUT2D eigenvalue weighted by Gasteiger charge is 2.22. The molecule has 96 valence electrons. The van der Waals surface area contributed by atoms with Crippen LogP contribution in [0.2, 0.25) is 0 Å². The van der Waals surface area contributed by atoms with Crippen LogP contribution in [0.1, 0.15) is 29.6 Å². The molecular weight excluding hydrogens is 230 g/mol. The summed E-state index contributed by atoms with van der Waals surface area (Å²) in [5.41, 5.74) is 6.45. The standard InChI is InChI=1S/C13H17N3O2/c14-13(18)9-2-1-3-11(8-9)15-7-6-12(17)16-10-4-5-10/h1-3,8,10,15H,4-7H2,(H2,14,18)(H,16,17). The molecule has 0 aromatic heterocycles. The summed E-state index contributed by atoms with van der Waals surface area (Å²) in [6, 6.07) is 7.34. The third-order valence-electron chi connectivity index (χ3n) is 2.77. The molecule has 0 spiro atoms. The molecule has 18 heavy (non-hydrogen) atoms. The second-order valence-corrected chi connectivity index (χ2v) is 4.46. The highest BCUT2D eigenvalue weighted by molar-refractivity contribution is 5.93. The molecule has 4 N–H and O–H groups in total. The number of hydrogen-bond acceptors (Lipinski definition) is 3. The number of carbonyl (C=O) groups excluding carboxylic acids is 2. The van der Waals surface area contributed by atoms with Gasteiger partial charge in [0, 0.05) is 30.3 Å². The maximum Gasteiger partial charge on any atom is 0.248 e. The first-order chi connectivity index (χ1) is 8.65. The number of anilines is 1. The van der Waals surface area contributed by atoms with Crippen LogP contribution in [-0.2, 0) is 4.79 Å². The average molecular weight is 247 g/mol. The summed E-state index contributed by atoms with van der Waals surface area (Å²) < 4.78 is 0. The van der Waals surface area contributed by atoms with Gasteiger partial charge in [-0.25, -0.2) is 0 Å². The van der Waals surface area contributed by atoms with Gasteiger partial charge in [0.15, 0.2) is 0 Å². The van der Waals surface area contributed by atoms with Crippen molar-refractivity contribution in [2.45, 2.75) is 25.3 Å². The van der Waals surface area contributed by atoms with Crippen LogP contribution in [0.15, 0.2) is 24.3 Å². The van der Waals surface area contributed by atoms with E-state index in [1.807, 2.05) is 6.07 Å². The first-order valence-corrected chi connectivity index (χ1v) is 6.08. The zero-order valence-electron chi connectivity index (χ0n) is 10.1. The van der Waals surface area contributed by atoms with Crippen molar-refractivity contribution in [3.63, 3.8) is 0 Å². The van der Waals surface area contributed by atoms with E-state index in [0.717, 1.165) is 18.5 Å². The predicted octanol–water partition coefficient (Wildman–Crippen LogP) is 0.866. The van der Waals surface area contributed by atoms with Gasteiger partial charge in [-0.1, -0.05) is 6.07 Å². The Bertz CT molecular complexity index is 455. The van der Waals surface area contributed by atoms with E-state index in [4.69, 9.17) is 5.73 Å². The third kappa shape index (κ3) is 3.76. The van der Waals surface area contributed by atoms with Crippen LogP contribution in [0.4, 0.5) is 5.69 Å². The maximum absolute atomic E-state index is 11.4. The van der Waals surface area contributed by atoms with E-state index in [1.54, 1.807) is 18.2 Å². The Kier molecular flexibility index (Phi) is 3.82. The van der Waals surface area contributed by atoms with Gasteiger partial charge in [-0.05, 0) is 31.0 Å². The van der Waals surface area contributed by atoms with Crippen molar-refractivity contribution < 1.29 is 9.59 Å². The van der Waals surface area contributed by atoms with E-state index < -0.39 is 5.91 Å². The SMILES string of the molecule is NC(=O)c1cccc(NCCC(=O)NC2CC2)c1. The topological polar surface area (TPSA) is 84.2 Å². The van der Waals surface area contributed by atoms with E-state index in [0.29, 0.717) is 24.6 Å². The number of benzene rings is 1. The van der Waals surface area contributed by atoms with Gasteiger partial charge in [-0.3, -0.25) is 9.59 Å². The Morgan fingerprint density at radius 2 is 2.11 bits per heavy atom. The normalized spacial score (nSPS) is 14.0. The van der Waals surface area contributed by atoms with Gasteiger partial charge in [-0.2, -0.15) is 0 Å². The van der Waals surface area contributed by atoms with Gasteiger partial charge in [0.1, 0.15) is 0 Å². The van der Waals surface area contributed by atoms with Crippen molar-refractivity contribution in [2.75, 3.05) is 11.9 Å². The van der Waals surface area contributed by atoms with Crippen LogP contribution < -0.4 is 16.4 Å². The summed E-state index contributed by atoms with van der Waals surface area (Å²) in [6.45, 7) is 0.542. The van der Waals surface area contributed by atoms with Crippen LogP contribution in [0.25, 0.3) is 0 Å². The van der Waals surface area contributed by atoms with Gasteiger partial charge in [-0.15, -0.1) is 0 Å². The number of amides is 2. The van der Waals surface area contributed by atoms with Gasteiger partial charge < -0.3 is 16.4 Å².